The van der Waals surface area contributed by atoms with E-state index in [4.69, 9.17) is 19.4 Å². The molecule has 72 heavy (non-hydrogen) atoms. The highest BCUT2D eigenvalue weighted by atomic mass is 32.1. The van der Waals surface area contributed by atoms with Gasteiger partial charge >= 0.3 is 0 Å². The first-order valence-electron chi connectivity index (χ1n) is 24.2. The fourth-order valence-electron chi connectivity index (χ4n) is 11.5. The molecule has 0 aliphatic heterocycles. The van der Waals surface area contributed by atoms with Gasteiger partial charge < -0.3 is 13.6 Å². The van der Waals surface area contributed by atoms with E-state index in [1.165, 1.54) is 57.9 Å². The molecule has 0 N–H and O–H groups in total. The van der Waals surface area contributed by atoms with E-state index in [1.807, 2.05) is 12.1 Å². The van der Waals surface area contributed by atoms with Gasteiger partial charge in [-0.3, -0.25) is 0 Å². The van der Waals surface area contributed by atoms with Crippen LogP contribution in [-0.2, 0) is 0 Å². The number of nitrogens with zero attached hydrogens (tertiary/aromatic N) is 5. The van der Waals surface area contributed by atoms with Gasteiger partial charge in [0.2, 0.25) is 0 Å². The van der Waals surface area contributed by atoms with Gasteiger partial charge in [0.1, 0.15) is 11.2 Å². The van der Waals surface area contributed by atoms with E-state index < -0.39 is 0 Å². The smallest absolute Gasteiger partial charge is 0.166 e. The Morgan fingerprint density at radius 1 is 0.333 bits per heavy atom. The van der Waals surface area contributed by atoms with Crippen molar-refractivity contribution in [3.8, 4) is 45.5 Å². The Morgan fingerprint density at radius 2 is 0.972 bits per heavy atom. The van der Waals surface area contributed by atoms with E-state index in [-0.39, 0.29) is 0 Å². The van der Waals surface area contributed by atoms with Crippen LogP contribution in [0.25, 0.3) is 153 Å². The first-order chi connectivity index (χ1) is 35.7. The second-order valence-electron chi connectivity index (χ2n) is 18.7. The lowest BCUT2D eigenvalue weighted by atomic mass is 10.0. The van der Waals surface area contributed by atoms with Crippen molar-refractivity contribution < 1.29 is 4.42 Å². The second-order valence-corrected chi connectivity index (χ2v) is 19.8. The third-order valence-electron chi connectivity index (χ3n) is 14.7. The predicted octanol–water partition coefficient (Wildman–Crippen LogP) is 17.6. The van der Waals surface area contributed by atoms with Gasteiger partial charge in [-0.15, -0.1) is 11.3 Å². The van der Waals surface area contributed by atoms with Crippen LogP contribution < -0.4 is 0 Å². The molecule has 6 nitrogen and oxygen atoms in total. The van der Waals surface area contributed by atoms with Crippen LogP contribution in [0, 0.1) is 0 Å². The highest BCUT2D eigenvalue weighted by Gasteiger charge is 2.26. The maximum atomic E-state index is 6.74. The molecule has 0 atom stereocenters. The molecule has 0 aliphatic rings. The summed E-state index contributed by atoms with van der Waals surface area (Å²) in [4.78, 5) is 16.7. The van der Waals surface area contributed by atoms with E-state index in [0.29, 0.717) is 17.5 Å². The van der Waals surface area contributed by atoms with Gasteiger partial charge in [-0.25, -0.2) is 15.0 Å². The van der Waals surface area contributed by atoms with Crippen molar-refractivity contribution in [2.75, 3.05) is 0 Å². The molecule has 0 fully saturated rings. The minimum Gasteiger partial charge on any atom is -0.456 e. The highest BCUT2D eigenvalue weighted by Crippen LogP contribution is 2.46. The van der Waals surface area contributed by atoms with E-state index in [0.717, 1.165) is 77.5 Å². The zero-order valence-corrected chi connectivity index (χ0v) is 39.2. The third-order valence-corrected chi connectivity index (χ3v) is 15.9. The van der Waals surface area contributed by atoms with Gasteiger partial charge in [-0.2, -0.15) is 0 Å². The predicted molar refractivity (Wildman–Crippen MR) is 300 cm³/mol. The van der Waals surface area contributed by atoms with Crippen LogP contribution in [0.15, 0.2) is 229 Å². The SMILES string of the molecule is c1ccc(-n2c3ccccc3c3ccc(-c4nc(-c5ccc6sc7ccccc7c6c5)nc(-c5c(-n6c7cc8ccccc8cc7c7c8ccccc8ccc76)ccc6oc7ccccc7c56)n4)cc32)cc1. The van der Waals surface area contributed by atoms with Gasteiger partial charge in [-0.1, -0.05) is 140 Å². The van der Waals surface area contributed by atoms with Crippen LogP contribution in [0.1, 0.15) is 0 Å². The molecule has 0 aliphatic carbocycles. The summed E-state index contributed by atoms with van der Waals surface area (Å²) in [6, 6.07) is 80.3. The van der Waals surface area contributed by atoms with Crippen molar-refractivity contribution in [2.24, 2.45) is 0 Å². The van der Waals surface area contributed by atoms with Gasteiger partial charge in [0, 0.05) is 69.3 Å². The molecule has 0 saturated heterocycles. The molecule has 0 radical (unpaired) electrons. The molecule has 7 heteroatoms. The van der Waals surface area contributed by atoms with Crippen molar-refractivity contribution in [3.63, 3.8) is 0 Å². The molecule has 5 heterocycles. The molecule has 0 bridgehead atoms. The summed E-state index contributed by atoms with van der Waals surface area (Å²) in [5.74, 6) is 1.72. The summed E-state index contributed by atoms with van der Waals surface area (Å²) < 4.78 is 14.0. The molecule has 11 aromatic carbocycles. The second kappa shape index (κ2) is 15.0. The molecule has 16 aromatic rings. The van der Waals surface area contributed by atoms with Crippen molar-refractivity contribution in [1.29, 1.82) is 0 Å². The normalized spacial score (nSPS) is 12.2. The summed E-state index contributed by atoms with van der Waals surface area (Å²) in [5.41, 5.74) is 10.7. The maximum Gasteiger partial charge on any atom is 0.166 e. The highest BCUT2D eigenvalue weighted by molar-refractivity contribution is 7.25. The van der Waals surface area contributed by atoms with E-state index in [9.17, 15) is 0 Å². The summed E-state index contributed by atoms with van der Waals surface area (Å²) in [6.45, 7) is 0. The number of benzene rings is 11. The Kier molecular flexibility index (Phi) is 8.23. The first-order valence-corrected chi connectivity index (χ1v) is 25.1. The Labute approximate surface area is 414 Å². The number of para-hydroxylation sites is 3. The van der Waals surface area contributed by atoms with E-state index >= 15 is 0 Å². The lowest BCUT2D eigenvalue weighted by Crippen LogP contribution is -2.04. The van der Waals surface area contributed by atoms with Gasteiger partial charge in [0.25, 0.3) is 0 Å². The molecule has 0 unspecified atom stereocenters. The van der Waals surface area contributed by atoms with Crippen molar-refractivity contribution >= 4 is 119 Å². The molecule has 0 spiro atoms. The number of hydrogen-bond donors (Lipinski definition) is 0. The topological polar surface area (TPSA) is 61.7 Å². The average molecular weight is 936 g/mol. The van der Waals surface area contributed by atoms with Crippen LogP contribution in [-0.4, -0.2) is 24.1 Å². The van der Waals surface area contributed by atoms with Crippen LogP contribution >= 0.6 is 11.3 Å². The zero-order valence-electron chi connectivity index (χ0n) is 38.4. The minimum absolute atomic E-state index is 0.553. The average Bonchev–Trinajstić information content (AvgIpc) is 4.19. The van der Waals surface area contributed by atoms with Gasteiger partial charge in [-0.05, 0) is 106 Å². The Morgan fingerprint density at radius 3 is 1.83 bits per heavy atom. The third kappa shape index (κ3) is 5.74. The van der Waals surface area contributed by atoms with Gasteiger partial charge in [0.15, 0.2) is 17.5 Å². The van der Waals surface area contributed by atoms with Crippen LogP contribution in [0.5, 0.6) is 0 Å². The number of hydrogen-bond acceptors (Lipinski definition) is 5. The molecule has 0 amide bonds. The van der Waals surface area contributed by atoms with Crippen molar-refractivity contribution in [2.45, 2.75) is 0 Å². The quantitative estimate of drug-likeness (QED) is 0.172. The fourth-order valence-corrected chi connectivity index (χ4v) is 12.6. The fraction of sp³-hybridized carbons (Fsp3) is 0. The largest absolute Gasteiger partial charge is 0.456 e. The van der Waals surface area contributed by atoms with E-state index in [2.05, 4.69) is 221 Å². The summed E-state index contributed by atoms with van der Waals surface area (Å²) >= 11 is 1.81. The lowest BCUT2D eigenvalue weighted by molar-refractivity contribution is 0.669. The number of rotatable bonds is 5. The van der Waals surface area contributed by atoms with Gasteiger partial charge in [0.05, 0.1) is 33.3 Å². The molecule has 5 aromatic heterocycles. The summed E-state index contributed by atoms with van der Waals surface area (Å²) in [6.07, 6.45) is 0. The van der Waals surface area contributed by atoms with Crippen LogP contribution in [0.2, 0.25) is 0 Å². The standard InChI is InChI=1S/C65H37N5OS/c1-2-17-43(18-3-1)69-51-23-11-8-20-45(51)46-29-26-42(37-54(46)69)64-66-63(41-28-33-59-49(35-41)47-21-10-13-25-58(47)72-59)67-65(68-64)62-53(31-32-57-61(62)48-22-9-12-24-56(48)71-57)70-52-30-27-38-14-6-7-19-44(38)60(52)50-34-39-15-4-5-16-40(39)36-55(50)70/h1-37H. The van der Waals surface area contributed by atoms with Crippen molar-refractivity contribution in [3.05, 3.63) is 224 Å². The lowest BCUT2D eigenvalue weighted by Gasteiger charge is -2.16. The minimum atomic E-state index is 0.553. The number of thiophene rings is 1. The number of aromatic nitrogens is 5. The van der Waals surface area contributed by atoms with Crippen LogP contribution in [0.4, 0.5) is 0 Å². The summed E-state index contributed by atoms with van der Waals surface area (Å²) in [5, 5.41) is 13.8. The monoisotopic (exact) mass is 935 g/mol. The van der Waals surface area contributed by atoms with Crippen LogP contribution in [0.3, 0.4) is 0 Å². The summed E-state index contributed by atoms with van der Waals surface area (Å²) in [7, 11) is 0. The Balaban J connectivity index is 1.04. The number of furan rings is 1. The molecular formula is C65H37N5OS. The number of fused-ring (bicyclic) bond motifs is 15. The van der Waals surface area contributed by atoms with Crippen molar-refractivity contribution in [1.82, 2.24) is 24.1 Å². The molecular weight excluding hydrogens is 899 g/mol. The molecule has 16 rings (SSSR count). The Hall–Kier alpha value is -9.43. The Bertz CT molecular complexity index is 4940. The first kappa shape index (κ1) is 39.4. The molecule has 334 valence electrons. The zero-order chi connectivity index (χ0) is 47.0. The molecule has 0 saturated carbocycles. The maximum absolute atomic E-state index is 6.74. The van der Waals surface area contributed by atoms with E-state index in [1.54, 1.807) is 11.3 Å².